The molecule has 1 N–H and O–H groups in total. The molecule has 7 nitrogen and oxygen atoms in total. The molecule has 0 atom stereocenters. The summed E-state index contributed by atoms with van der Waals surface area (Å²) >= 11 is 0. The average Bonchev–Trinajstić information content (AvgIpc) is 2.82. The Bertz CT molecular complexity index is 974. The molecule has 1 aliphatic rings. The molecular formula is C24H33N3O4S. The van der Waals surface area contributed by atoms with E-state index < -0.39 is 10.0 Å². The van der Waals surface area contributed by atoms with Crippen LogP contribution in [-0.2, 0) is 14.8 Å². The van der Waals surface area contributed by atoms with E-state index in [1.165, 1.54) is 32.1 Å². The highest BCUT2D eigenvalue weighted by molar-refractivity contribution is 7.92. The van der Waals surface area contributed by atoms with Crippen molar-refractivity contribution in [2.45, 2.75) is 31.1 Å². The van der Waals surface area contributed by atoms with Gasteiger partial charge in [-0.25, -0.2) is 8.42 Å². The van der Waals surface area contributed by atoms with Crippen molar-refractivity contribution in [3.05, 3.63) is 54.6 Å². The highest BCUT2D eigenvalue weighted by atomic mass is 32.2. The van der Waals surface area contributed by atoms with Crippen molar-refractivity contribution >= 4 is 21.6 Å². The molecule has 0 unspecified atom stereocenters. The molecule has 174 valence electrons. The maximum Gasteiger partial charge on any atom is 0.264 e. The number of nitrogens with one attached hydrogen (secondary N) is 1. The van der Waals surface area contributed by atoms with E-state index in [1.807, 2.05) is 0 Å². The van der Waals surface area contributed by atoms with Crippen LogP contribution >= 0.6 is 0 Å². The first kappa shape index (κ1) is 24.1. The largest absolute Gasteiger partial charge is 0.495 e. The molecule has 0 saturated carbocycles. The minimum Gasteiger partial charge on any atom is -0.495 e. The van der Waals surface area contributed by atoms with Gasteiger partial charge in [0.25, 0.3) is 10.0 Å². The number of para-hydroxylation sites is 2. The highest BCUT2D eigenvalue weighted by Crippen LogP contribution is 2.32. The summed E-state index contributed by atoms with van der Waals surface area (Å²) in [6.45, 7) is 5.62. The second kappa shape index (κ2) is 11.3. The number of nitrogens with zero attached hydrogens (tertiary/aromatic N) is 2. The molecule has 0 radical (unpaired) electrons. The Balaban J connectivity index is 1.67. The Hall–Kier alpha value is -2.58. The number of carbonyl (C=O) groups is 1. The van der Waals surface area contributed by atoms with Crippen LogP contribution in [0.3, 0.4) is 0 Å². The van der Waals surface area contributed by atoms with E-state index in [0.29, 0.717) is 18.0 Å². The number of piperidine rings is 1. The fourth-order valence-corrected chi connectivity index (χ4v) is 5.31. The lowest BCUT2D eigenvalue weighted by Gasteiger charge is -2.30. The number of benzene rings is 2. The van der Waals surface area contributed by atoms with Crippen molar-refractivity contribution in [3.8, 4) is 5.75 Å². The predicted octanol–water partition coefficient (Wildman–Crippen LogP) is 3.13. The number of hydrogen-bond donors (Lipinski definition) is 1. The molecule has 1 heterocycles. The molecule has 1 aliphatic heterocycles. The van der Waals surface area contributed by atoms with Crippen LogP contribution in [0.15, 0.2) is 59.5 Å². The van der Waals surface area contributed by atoms with Gasteiger partial charge in [0.2, 0.25) is 5.91 Å². The Morgan fingerprint density at radius 1 is 1.09 bits per heavy atom. The third kappa shape index (κ3) is 6.23. The number of carbonyl (C=O) groups excluding carboxylic acids is 1. The number of sulfonamides is 1. The third-order valence-corrected chi connectivity index (χ3v) is 7.60. The van der Waals surface area contributed by atoms with E-state index >= 15 is 0 Å². The van der Waals surface area contributed by atoms with E-state index in [-0.39, 0.29) is 17.3 Å². The van der Waals surface area contributed by atoms with Crippen LogP contribution < -0.4 is 14.4 Å². The van der Waals surface area contributed by atoms with Gasteiger partial charge in [-0.15, -0.1) is 0 Å². The van der Waals surface area contributed by atoms with E-state index in [4.69, 9.17) is 4.74 Å². The zero-order chi connectivity index (χ0) is 23.0. The number of amides is 1. The first-order chi connectivity index (χ1) is 15.4. The molecule has 1 saturated heterocycles. The van der Waals surface area contributed by atoms with Crippen LogP contribution in [0.2, 0.25) is 0 Å². The third-order valence-electron chi connectivity index (χ3n) is 5.82. The molecule has 2 aromatic rings. The van der Waals surface area contributed by atoms with Crippen LogP contribution in [0.5, 0.6) is 5.75 Å². The minimum absolute atomic E-state index is 0.123. The molecule has 0 bridgehead atoms. The van der Waals surface area contributed by atoms with Gasteiger partial charge in [-0.2, -0.15) is 0 Å². The molecule has 0 spiro atoms. The van der Waals surface area contributed by atoms with E-state index in [0.717, 1.165) is 36.3 Å². The number of likely N-dealkylation sites (tertiary alicyclic amines) is 1. The van der Waals surface area contributed by atoms with E-state index in [9.17, 15) is 13.2 Å². The second-order valence-electron chi connectivity index (χ2n) is 8.22. The summed E-state index contributed by atoms with van der Waals surface area (Å²) in [6.07, 6.45) is 3.27. The number of methoxy groups -OCH3 is 1. The van der Waals surface area contributed by atoms with Crippen molar-refractivity contribution < 1.29 is 17.9 Å². The van der Waals surface area contributed by atoms with Gasteiger partial charge in [-0.3, -0.25) is 9.10 Å². The first-order valence-corrected chi connectivity index (χ1v) is 12.6. The maximum absolute atomic E-state index is 13.4. The normalized spacial score (nSPS) is 15.3. The summed E-state index contributed by atoms with van der Waals surface area (Å²) in [5.74, 6) is 0.834. The zero-order valence-corrected chi connectivity index (χ0v) is 19.7. The van der Waals surface area contributed by atoms with Crippen LogP contribution in [0.25, 0.3) is 0 Å². The average molecular weight is 460 g/mol. The minimum atomic E-state index is -3.95. The Morgan fingerprint density at radius 3 is 2.44 bits per heavy atom. The molecule has 3 rings (SSSR count). The molecule has 8 heteroatoms. The Labute approximate surface area is 191 Å². The summed E-state index contributed by atoms with van der Waals surface area (Å²) in [4.78, 5) is 15.3. The van der Waals surface area contributed by atoms with Crippen molar-refractivity contribution in [2.24, 2.45) is 5.92 Å². The van der Waals surface area contributed by atoms with Gasteiger partial charge in [0, 0.05) is 6.54 Å². The number of hydrogen-bond acceptors (Lipinski definition) is 5. The Morgan fingerprint density at radius 2 is 1.75 bits per heavy atom. The molecule has 32 heavy (non-hydrogen) atoms. The predicted molar refractivity (Wildman–Crippen MR) is 126 cm³/mol. The number of rotatable bonds is 10. The fourth-order valence-electron chi connectivity index (χ4n) is 3.86. The van der Waals surface area contributed by atoms with Crippen molar-refractivity contribution in [2.75, 3.05) is 44.1 Å². The van der Waals surface area contributed by atoms with Gasteiger partial charge in [-0.05, 0) is 69.1 Å². The fraction of sp³-hybridized carbons (Fsp3) is 0.458. The summed E-state index contributed by atoms with van der Waals surface area (Å²) in [7, 11) is -2.47. The first-order valence-electron chi connectivity index (χ1n) is 11.1. The van der Waals surface area contributed by atoms with Crippen LogP contribution in [0.4, 0.5) is 5.69 Å². The van der Waals surface area contributed by atoms with Gasteiger partial charge >= 0.3 is 0 Å². The molecular weight excluding hydrogens is 426 g/mol. The summed E-state index contributed by atoms with van der Waals surface area (Å²) in [5.41, 5.74) is 0.330. The topological polar surface area (TPSA) is 79.0 Å². The van der Waals surface area contributed by atoms with Crippen LogP contribution in [0, 0.1) is 5.92 Å². The molecule has 1 amide bonds. The standard InChI is InChI=1S/C24H33N3O4S/c1-20-13-17-26(18-14-20)16-8-15-25-24(28)19-27(22-11-6-7-12-23(22)31-2)32(29,30)21-9-4-3-5-10-21/h3-7,9-12,20H,8,13-19H2,1-2H3,(H,25,28). The lowest BCUT2D eigenvalue weighted by molar-refractivity contribution is -0.119. The molecule has 2 aromatic carbocycles. The van der Waals surface area contributed by atoms with E-state index in [1.54, 1.807) is 42.5 Å². The van der Waals surface area contributed by atoms with Crippen LogP contribution in [-0.4, -0.2) is 59.1 Å². The van der Waals surface area contributed by atoms with Gasteiger partial charge in [-0.1, -0.05) is 37.3 Å². The molecule has 0 aliphatic carbocycles. The lowest BCUT2D eigenvalue weighted by Crippen LogP contribution is -2.42. The quantitative estimate of drug-likeness (QED) is 0.552. The summed E-state index contributed by atoms with van der Waals surface area (Å²) in [5, 5.41) is 2.88. The van der Waals surface area contributed by atoms with Gasteiger partial charge in [0.1, 0.15) is 12.3 Å². The van der Waals surface area contributed by atoms with Gasteiger partial charge < -0.3 is 15.0 Å². The molecule has 1 fully saturated rings. The van der Waals surface area contributed by atoms with Gasteiger partial charge in [0.05, 0.1) is 17.7 Å². The van der Waals surface area contributed by atoms with Crippen molar-refractivity contribution in [1.29, 1.82) is 0 Å². The van der Waals surface area contributed by atoms with Gasteiger partial charge in [0.15, 0.2) is 0 Å². The van der Waals surface area contributed by atoms with Crippen molar-refractivity contribution in [3.63, 3.8) is 0 Å². The lowest BCUT2D eigenvalue weighted by atomic mass is 9.99. The maximum atomic E-state index is 13.4. The Kier molecular flexibility index (Phi) is 8.53. The van der Waals surface area contributed by atoms with Crippen LogP contribution in [0.1, 0.15) is 26.2 Å². The zero-order valence-electron chi connectivity index (χ0n) is 18.9. The van der Waals surface area contributed by atoms with Crippen molar-refractivity contribution in [1.82, 2.24) is 10.2 Å². The monoisotopic (exact) mass is 459 g/mol. The summed E-state index contributed by atoms with van der Waals surface area (Å²) < 4.78 is 33.2. The second-order valence-corrected chi connectivity index (χ2v) is 10.1. The molecule has 0 aromatic heterocycles. The summed E-state index contributed by atoms with van der Waals surface area (Å²) in [6, 6.07) is 14.9. The highest BCUT2D eigenvalue weighted by Gasteiger charge is 2.29. The SMILES string of the molecule is COc1ccccc1N(CC(=O)NCCCN1CCC(C)CC1)S(=O)(=O)c1ccccc1. The van der Waals surface area contributed by atoms with E-state index in [2.05, 4.69) is 17.1 Å². The number of anilines is 1. The number of ether oxygens (including phenoxy) is 1. The smallest absolute Gasteiger partial charge is 0.264 e.